The number of H-pyrrole nitrogens is 1. The first-order valence-electron chi connectivity index (χ1n) is 5.37. The van der Waals surface area contributed by atoms with Crippen LogP contribution in [0.2, 0.25) is 0 Å². The molecule has 17 heavy (non-hydrogen) atoms. The fourth-order valence-electron chi connectivity index (χ4n) is 1.51. The van der Waals surface area contributed by atoms with Crippen molar-refractivity contribution < 1.29 is 9.18 Å². The molecule has 1 amide bonds. The molecule has 0 unspecified atom stereocenters. The maximum Gasteiger partial charge on any atom is 0.272 e. The van der Waals surface area contributed by atoms with Crippen molar-refractivity contribution in [2.75, 3.05) is 6.54 Å². The van der Waals surface area contributed by atoms with Gasteiger partial charge in [0.05, 0.1) is 12.1 Å². The Morgan fingerprint density at radius 2 is 2.18 bits per heavy atom. The van der Waals surface area contributed by atoms with E-state index >= 15 is 0 Å². The molecule has 1 heterocycles. The molecule has 0 aliphatic carbocycles. The molecule has 4 nitrogen and oxygen atoms in total. The fraction of sp³-hybridized carbons (Fsp3) is 0.333. The van der Waals surface area contributed by atoms with Gasteiger partial charge in [-0.3, -0.25) is 9.89 Å². The molecular weight excluding hydrogens is 221 g/mol. The van der Waals surface area contributed by atoms with E-state index in [0.717, 1.165) is 10.9 Å². The molecule has 0 radical (unpaired) electrons. The first-order chi connectivity index (χ1) is 7.97. The summed E-state index contributed by atoms with van der Waals surface area (Å²) >= 11 is 0. The zero-order valence-corrected chi connectivity index (χ0v) is 9.75. The number of amides is 1. The van der Waals surface area contributed by atoms with Crippen LogP contribution in [0.25, 0.3) is 10.9 Å². The molecule has 5 heteroatoms. The Bertz CT molecular complexity index is 542. The summed E-state index contributed by atoms with van der Waals surface area (Å²) in [6, 6.07) is 7.31. The Labute approximate surface area is 98.2 Å². The lowest BCUT2D eigenvalue weighted by Gasteiger charge is -2.13. The van der Waals surface area contributed by atoms with Crippen LogP contribution in [0.4, 0.5) is 4.39 Å². The average molecular weight is 235 g/mol. The lowest BCUT2D eigenvalue weighted by atomic mass is 10.1. The molecule has 2 N–H and O–H groups in total. The van der Waals surface area contributed by atoms with Crippen molar-refractivity contribution in [2.45, 2.75) is 19.5 Å². The quantitative estimate of drug-likeness (QED) is 0.855. The normalized spacial score (nSPS) is 11.7. The third kappa shape index (κ3) is 2.61. The van der Waals surface area contributed by atoms with Crippen LogP contribution >= 0.6 is 0 Å². The van der Waals surface area contributed by atoms with Crippen LogP contribution < -0.4 is 5.32 Å². The van der Waals surface area contributed by atoms with E-state index in [2.05, 4.69) is 15.5 Å². The second-order valence-corrected chi connectivity index (χ2v) is 4.52. The largest absolute Gasteiger partial charge is 0.347 e. The summed E-state index contributed by atoms with van der Waals surface area (Å²) in [5.41, 5.74) is -0.344. The van der Waals surface area contributed by atoms with Gasteiger partial charge in [0.2, 0.25) is 0 Å². The number of para-hydroxylation sites is 1. The van der Waals surface area contributed by atoms with Crippen LogP contribution in [0.1, 0.15) is 24.3 Å². The minimum Gasteiger partial charge on any atom is -0.347 e. The Balaban J connectivity index is 2.20. The number of rotatable bonds is 3. The molecular formula is C12H14FN3O. The summed E-state index contributed by atoms with van der Waals surface area (Å²) in [7, 11) is 0. The summed E-state index contributed by atoms with van der Waals surface area (Å²) in [6.45, 7) is 2.79. The third-order valence-corrected chi connectivity index (χ3v) is 2.35. The highest BCUT2D eigenvalue weighted by Gasteiger charge is 2.19. The van der Waals surface area contributed by atoms with Crippen LogP contribution in [0.3, 0.4) is 0 Å². The standard InChI is InChI=1S/C12H14FN3O/c1-12(2,13)7-14-11(17)10-8-5-3-4-6-9(8)15-16-10/h3-6H,7H2,1-2H3,(H,14,17)(H,15,16). The number of nitrogens with one attached hydrogen (secondary N) is 2. The van der Waals surface area contributed by atoms with Crippen molar-refractivity contribution in [3.05, 3.63) is 30.0 Å². The van der Waals surface area contributed by atoms with Gasteiger partial charge >= 0.3 is 0 Å². The fourth-order valence-corrected chi connectivity index (χ4v) is 1.51. The highest BCUT2D eigenvalue weighted by atomic mass is 19.1. The van der Waals surface area contributed by atoms with Crippen molar-refractivity contribution in [3.8, 4) is 0 Å². The highest BCUT2D eigenvalue weighted by Crippen LogP contribution is 2.15. The van der Waals surface area contributed by atoms with E-state index < -0.39 is 5.67 Å². The number of hydrogen-bond acceptors (Lipinski definition) is 2. The summed E-state index contributed by atoms with van der Waals surface area (Å²) in [5, 5.41) is 9.96. The molecule has 1 aromatic carbocycles. The van der Waals surface area contributed by atoms with Crippen LogP contribution in [0.5, 0.6) is 0 Å². The van der Waals surface area contributed by atoms with E-state index in [1.54, 1.807) is 6.07 Å². The number of nitrogens with zero attached hydrogens (tertiary/aromatic N) is 1. The van der Waals surface area contributed by atoms with Crippen LogP contribution in [0, 0.1) is 0 Å². The monoisotopic (exact) mass is 235 g/mol. The molecule has 1 aromatic heterocycles. The van der Waals surface area contributed by atoms with E-state index in [1.165, 1.54) is 13.8 Å². The average Bonchev–Trinajstić information content (AvgIpc) is 2.68. The van der Waals surface area contributed by atoms with E-state index in [9.17, 15) is 9.18 Å². The number of fused-ring (bicyclic) bond motifs is 1. The van der Waals surface area contributed by atoms with Gasteiger partial charge in [-0.1, -0.05) is 18.2 Å². The number of carbonyl (C=O) groups is 1. The number of halogens is 1. The molecule has 0 spiro atoms. The Morgan fingerprint density at radius 3 is 2.88 bits per heavy atom. The number of carbonyl (C=O) groups excluding carboxylic acids is 1. The Morgan fingerprint density at radius 1 is 1.47 bits per heavy atom. The predicted molar refractivity (Wildman–Crippen MR) is 63.6 cm³/mol. The summed E-state index contributed by atoms with van der Waals surface area (Å²) < 4.78 is 13.3. The van der Waals surface area contributed by atoms with Gasteiger partial charge in [0.1, 0.15) is 5.67 Å². The van der Waals surface area contributed by atoms with Gasteiger partial charge < -0.3 is 5.32 Å². The number of hydrogen-bond donors (Lipinski definition) is 2. The molecule has 0 aliphatic heterocycles. The first-order valence-corrected chi connectivity index (χ1v) is 5.37. The molecule has 0 atom stereocenters. The Hall–Kier alpha value is -1.91. The minimum atomic E-state index is -1.43. The number of aromatic amines is 1. The molecule has 2 rings (SSSR count). The first kappa shape index (κ1) is 11.6. The van der Waals surface area contributed by atoms with E-state index in [1.807, 2.05) is 18.2 Å². The molecule has 0 saturated carbocycles. The van der Waals surface area contributed by atoms with Crippen LogP contribution in [-0.4, -0.2) is 28.3 Å². The van der Waals surface area contributed by atoms with Crippen molar-refractivity contribution >= 4 is 16.8 Å². The van der Waals surface area contributed by atoms with Gasteiger partial charge in [-0.2, -0.15) is 5.10 Å². The van der Waals surface area contributed by atoms with Crippen molar-refractivity contribution in [3.63, 3.8) is 0 Å². The maximum atomic E-state index is 13.3. The van der Waals surface area contributed by atoms with Crippen molar-refractivity contribution in [1.82, 2.24) is 15.5 Å². The third-order valence-electron chi connectivity index (χ3n) is 2.35. The maximum absolute atomic E-state index is 13.3. The smallest absolute Gasteiger partial charge is 0.272 e. The molecule has 0 fully saturated rings. The number of aromatic nitrogens is 2. The molecule has 0 aliphatic rings. The summed E-state index contributed by atoms with van der Waals surface area (Å²) in [5.74, 6) is -0.367. The van der Waals surface area contributed by atoms with Crippen molar-refractivity contribution in [1.29, 1.82) is 0 Å². The lowest BCUT2D eigenvalue weighted by molar-refractivity contribution is 0.0917. The molecule has 2 aromatic rings. The minimum absolute atomic E-state index is 0.0347. The summed E-state index contributed by atoms with van der Waals surface area (Å²) in [6.07, 6.45) is 0. The second-order valence-electron chi connectivity index (χ2n) is 4.52. The van der Waals surface area contributed by atoms with Gasteiger partial charge in [0, 0.05) is 5.39 Å². The van der Waals surface area contributed by atoms with Gasteiger partial charge in [0.25, 0.3) is 5.91 Å². The van der Waals surface area contributed by atoms with Crippen LogP contribution in [-0.2, 0) is 0 Å². The van der Waals surface area contributed by atoms with E-state index in [-0.39, 0.29) is 12.5 Å². The van der Waals surface area contributed by atoms with Gasteiger partial charge in [0.15, 0.2) is 5.69 Å². The highest BCUT2D eigenvalue weighted by molar-refractivity contribution is 6.04. The van der Waals surface area contributed by atoms with E-state index in [0.29, 0.717) is 5.69 Å². The summed E-state index contributed by atoms with van der Waals surface area (Å²) in [4.78, 5) is 11.8. The molecule has 0 saturated heterocycles. The lowest BCUT2D eigenvalue weighted by Crippen LogP contribution is -2.35. The zero-order valence-electron chi connectivity index (χ0n) is 9.75. The SMILES string of the molecule is CC(C)(F)CNC(=O)c1n[nH]c2ccccc12. The van der Waals surface area contributed by atoms with Crippen molar-refractivity contribution in [2.24, 2.45) is 0 Å². The topological polar surface area (TPSA) is 57.8 Å². The van der Waals surface area contributed by atoms with Gasteiger partial charge in [-0.05, 0) is 19.9 Å². The van der Waals surface area contributed by atoms with E-state index in [4.69, 9.17) is 0 Å². The van der Waals surface area contributed by atoms with Crippen LogP contribution in [0.15, 0.2) is 24.3 Å². The number of alkyl halides is 1. The molecule has 0 bridgehead atoms. The molecule has 90 valence electrons. The van der Waals surface area contributed by atoms with Gasteiger partial charge in [-0.25, -0.2) is 4.39 Å². The number of benzene rings is 1. The van der Waals surface area contributed by atoms with Gasteiger partial charge in [-0.15, -0.1) is 0 Å². The second kappa shape index (κ2) is 4.16. The Kier molecular flexibility index (Phi) is 2.83. The zero-order chi connectivity index (χ0) is 12.5. The predicted octanol–water partition coefficient (Wildman–Crippen LogP) is 2.04.